The summed E-state index contributed by atoms with van der Waals surface area (Å²) in [5, 5.41) is 9.14. The Hall–Kier alpha value is -4.66. The number of anilines is 2. The van der Waals surface area contributed by atoms with E-state index < -0.39 is 0 Å². The van der Waals surface area contributed by atoms with Crippen molar-refractivity contribution in [3.8, 4) is 0 Å². The predicted molar refractivity (Wildman–Crippen MR) is 195 cm³/mol. The van der Waals surface area contributed by atoms with Gasteiger partial charge in [0.15, 0.2) is 0 Å². The number of hydrogen-bond acceptors (Lipinski definition) is 2. The largest absolute Gasteiger partial charge is 0.355 e. The van der Waals surface area contributed by atoms with Crippen LogP contribution < -0.4 is 5.32 Å². The number of hydrogen-bond donors (Lipinski definition) is 1. The number of thiophene rings is 1. The first-order valence-corrected chi connectivity index (χ1v) is 16.3. The molecule has 1 N–H and O–H groups in total. The molecule has 8 rings (SSSR count). The zero-order valence-electron chi connectivity index (χ0n) is 25.7. The summed E-state index contributed by atoms with van der Waals surface area (Å²) < 4.78 is 2.75. The number of allylic oxidation sites excluding steroid dienone is 6. The summed E-state index contributed by atoms with van der Waals surface area (Å²) in [6, 6.07) is 34.8. The fourth-order valence-electron chi connectivity index (χ4n) is 7.16. The van der Waals surface area contributed by atoms with Gasteiger partial charge in [0.1, 0.15) is 0 Å². The van der Waals surface area contributed by atoms with E-state index in [0.717, 1.165) is 18.5 Å². The average Bonchev–Trinajstić information content (AvgIpc) is 3.54. The second-order valence-corrected chi connectivity index (χ2v) is 13.2. The van der Waals surface area contributed by atoms with Crippen molar-refractivity contribution in [3.63, 3.8) is 0 Å². The molecule has 2 aliphatic rings. The molecule has 0 bridgehead atoms. The normalized spacial score (nSPS) is 16.6. The van der Waals surface area contributed by atoms with Crippen molar-refractivity contribution in [2.24, 2.45) is 0 Å². The molecule has 0 radical (unpaired) electrons. The summed E-state index contributed by atoms with van der Waals surface area (Å²) in [7, 11) is 0. The highest BCUT2D eigenvalue weighted by atomic mass is 32.1. The number of para-hydroxylation sites is 1. The molecule has 1 heterocycles. The van der Waals surface area contributed by atoms with Crippen molar-refractivity contribution in [2.75, 3.05) is 5.32 Å². The molecule has 0 saturated heterocycles. The van der Waals surface area contributed by atoms with Gasteiger partial charge in [0.25, 0.3) is 0 Å². The Balaban J connectivity index is 0.000000167. The molecule has 0 aliphatic heterocycles. The maximum Gasteiger partial charge on any atom is 0.0478 e. The van der Waals surface area contributed by atoms with Crippen LogP contribution in [0.15, 0.2) is 134 Å². The van der Waals surface area contributed by atoms with Gasteiger partial charge in [-0.2, -0.15) is 0 Å². The maximum atomic E-state index is 3.81. The van der Waals surface area contributed by atoms with Crippen molar-refractivity contribution in [2.45, 2.75) is 39.0 Å². The highest BCUT2D eigenvalue weighted by Gasteiger charge is 2.36. The van der Waals surface area contributed by atoms with Gasteiger partial charge in [-0.05, 0) is 82.8 Å². The predicted octanol–water partition coefficient (Wildman–Crippen LogP) is 12.4. The molecule has 0 spiro atoms. The lowest BCUT2D eigenvalue weighted by atomic mass is 9.82. The van der Waals surface area contributed by atoms with Crippen molar-refractivity contribution in [3.05, 3.63) is 156 Å². The quantitative estimate of drug-likeness (QED) is 0.217. The lowest BCUT2D eigenvalue weighted by Gasteiger charge is -2.21. The first-order valence-electron chi connectivity index (χ1n) is 15.5. The molecule has 0 atom stereocenters. The van der Waals surface area contributed by atoms with Gasteiger partial charge in [-0.25, -0.2) is 0 Å². The second-order valence-electron chi connectivity index (χ2n) is 12.1. The molecular weight excluding hydrogens is 551 g/mol. The Kier molecular flexibility index (Phi) is 7.32. The Morgan fingerprint density at radius 3 is 2.36 bits per heavy atom. The molecule has 0 saturated carbocycles. The number of fused-ring (bicyclic) bond motifs is 8. The Labute approximate surface area is 264 Å². The van der Waals surface area contributed by atoms with Crippen molar-refractivity contribution in [1.82, 2.24) is 0 Å². The first-order chi connectivity index (χ1) is 21.5. The molecule has 216 valence electrons. The van der Waals surface area contributed by atoms with E-state index in [0.29, 0.717) is 0 Å². The first kappa shape index (κ1) is 28.1. The van der Waals surface area contributed by atoms with Crippen LogP contribution in [0.1, 0.15) is 49.4 Å². The van der Waals surface area contributed by atoms with Gasteiger partial charge in [-0.15, -0.1) is 11.3 Å². The third-order valence-electron chi connectivity index (χ3n) is 9.13. The molecule has 1 nitrogen and oxygen atoms in total. The summed E-state index contributed by atoms with van der Waals surface area (Å²) >= 11 is 1.91. The number of nitrogens with one attached hydrogen (secondary N) is 1. The molecule has 0 fully saturated rings. The zero-order chi connectivity index (χ0) is 30.3. The Bertz CT molecular complexity index is 2140. The molecular formula is C42H37NS. The fourth-order valence-corrected chi connectivity index (χ4v) is 8.35. The van der Waals surface area contributed by atoms with Crippen LogP contribution in [0, 0.1) is 0 Å². The SMILES string of the molecule is C1=Cc2ccc3sc4cc(Nc5ccccc5)c5ccccc5c4c3c2CC1.C=C/C=C1\C(=C/C)C(C)(C)c2ccccc21. The molecule has 0 unspecified atom stereocenters. The third-order valence-corrected chi connectivity index (χ3v) is 10.2. The van der Waals surface area contributed by atoms with Crippen molar-refractivity contribution >= 4 is 65.3 Å². The van der Waals surface area contributed by atoms with E-state index in [-0.39, 0.29) is 5.41 Å². The van der Waals surface area contributed by atoms with Crippen LogP contribution in [0.5, 0.6) is 0 Å². The highest BCUT2D eigenvalue weighted by Crippen LogP contribution is 2.49. The standard InChI is InChI=1S/C26H19NS.C16H18/c1-2-9-18(10-3-1)27-22-16-24-26(21-13-7-6-12-20(21)22)25-19-11-5-4-8-17(19)14-15-23(25)28-24;1-5-9-12-13-10-7-8-11-15(13)16(3,4)14(12)6-2/h1-4,6-10,12-16,27H,5,11H2;5-11H,1H2,2-4H3/b;12-9-,14-6+. The van der Waals surface area contributed by atoms with Gasteiger partial charge in [-0.1, -0.05) is 124 Å². The zero-order valence-corrected chi connectivity index (χ0v) is 26.5. The minimum absolute atomic E-state index is 0.111. The average molecular weight is 588 g/mol. The van der Waals surface area contributed by atoms with Gasteiger partial charge < -0.3 is 5.32 Å². The summed E-state index contributed by atoms with van der Waals surface area (Å²) in [4.78, 5) is 0. The van der Waals surface area contributed by atoms with E-state index in [1.165, 1.54) is 70.0 Å². The molecule has 44 heavy (non-hydrogen) atoms. The summed E-state index contributed by atoms with van der Waals surface area (Å²) in [6.07, 6.45) is 13.1. The lowest BCUT2D eigenvalue weighted by Crippen LogP contribution is -2.14. The second kappa shape index (κ2) is 11.4. The maximum absolute atomic E-state index is 3.81. The van der Waals surface area contributed by atoms with E-state index in [1.807, 2.05) is 17.4 Å². The van der Waals surface area contributed by atoms with Crippen LogP contribution in [-0.2, 0) is 11.8 Å². The van der Waals surface area contributed by atoms with Crippen LogP contribution in [-0.4, -0.2) is 0 Å². The van der Waals surface area contributed by atoms with Crippen LogP contribution >= 0.6 is 11.3 Å². The van der Waals surface area contributed by atoms with Crippen LogP contribution in [0.2, 0.25) is 0 Å². The summed E-state index contributed by atoms with van der Waals surface area (Å²) in [6.45, 7) is 10.5. The van der Waals surface area contributed by atoms with Crippen LogP contribution in [0.25, 0.3) is 42.6 Å². The Morgan fingerprint density at radius 1 is 0.818 bits per heavy atom. The van der Waals surface area contributed by atoms with Gasteiger partial charge >= 0.3 is 0 Å². The molecule has 5 aromatic carbocycles. The highest BCUT2D eigenvalue weighted by molar-refractivity contribution is 7.26. The van der Waals surface area contributed by atoms with Crippen molar-refractivity contribution < 1.29 is 0 Å². The summed E-state index contributed by atoms with van der Waals surface area (Å²) in [5.41, 5.74) is 10.8. The topological polar surface area (TPSA) is 12.0 Å². The molecule has 1 aromatic heterocycles. The van der Waals surface area contributed by atoms with E-state index in [4.69, 9.17) is 0 Å². The van der Waals surface area contributed by atoms with E-state index >= 15 is 0 Å². The van der Waals surface area contributed by atoms with E-state index in [2.05, 4.69) is 154 Å². The minimum atomic E-state index is 0.111. The fraction of sp³-hybridized carbons (Fsp3) is 0.143. The third kappa shape index (κ3) is 4.71. The van der Waals surface area contributed by atoms with Gasteiger partial charge in [-0.3, -0.25) is 0 Å². The van der Waals surface area contributed by atoms with Gasteiger partial charge in [0.2, 0.25) is 0 Å². The smallest absolute Gasteiger partial charge is 0.0478 e. The number of benzene rings is 5. The van der Waals surface area contributed by atoms with E-state index in [1.54, 1.807) is 0 Å². The van der Waals surface area contributed by atoms with Gasteiger partial charge in [0.05, 0.1) is 0 Å². The van der Waals surface area contributed by atoms with E-state index in [9.17, 15) is 0 Å². The van der Waals surface area contributed by atoms with Crippen LogP contribution in [0.4, 0.5) is 11.4 Å². The Morgan fingerprint density at radius 2 is 1.57 bits per heavy atom. The minimum Gasteiger partial charge on any atom is -0.355 e. The molecule has 0 amide bonds. The van der Waals surface area contributed by atoms with Crippen LogP contribution in [0.3, 0.4) is 0 Å². The van der Waals surface area contributed by atoms with Crippen molar-refractivity contribution in [1.29, 1.82) is 0 Å². The summed E-state index contributed by atoms with van der Waals surface area (Å²) in [5.74, 6) is 0. The van der Waals surface area contributed by atoms with Gasteiger partial charge in [0, 0.05) is 42.3 Å². The number of aryl methyl sites for hydroxylation is 1. The molecule has 2 aliphatic carbocycles. The number of rotatable bonds is 3. The molecule has 6 aromatic rings. The molecule has 2 heteroatoms. The monoisotopic (exact) mass is 587 g/mol. The lowest BCUT2D eigenvalue weighted by molar-refractivity contribution is 0.659.